The maximum atomic E-state index is 12.8. The second-order valence-electron chi connectivity index (χ2n) is 7.28. The maximum Gasteiger partial charge on any atom is 0.338 e. The van der Waals surface area contributed by atoms with Gasteiger partial charge >= 0.3 is 12.0 Å². The van der Waals surface area contributed by atoms with Gasteiger partial charge in [0.1, 0.15) is 0 Å². The van der Waals surface area contributed by atoms with Crippen molar-refractivity contribution in [3.05, 3.63) is 82.6 Å². The number of nitrogens with zero attached hydrogens (tertiary/aromatic N) is 1. The molecule has 2 aliphatic rings. The molecule has 1 unspecified atom stereocenters. The smallest absolute Gasteiger partial charge is 0.338 e. The Morgan fingerprint density at radius 1 is 1.10 bits per heavy atom. The van der Waals surface area contributed by atoms with E-state index >= 15 is 0 Å². The number of carbonyl (C=O) groups is 2. The number of hydrogen-bond donors (Lipinski definition) is 2. The van der Waals surface area contributed by atoms with Gasteiger partial charge in [-0.25, -0.2) is 9.59 Å². The van der Waals surface area contributed by atoms with Gasteiger partial charge < -0.3 is 15.4 Å². The van der Waals surface area contributed by atoms with Crippen LogP contribution in [0.15, 0.2) is 65.9 Å². The first-order chi connectivity index (χ1) is 14.2. The topological polar surface area (TPSA) is 70.7 Å². The van der Waals surface area contributed by atoms with Crippen LogP contribution in [0.5, 0.6) is 0 Å². The number of amides is 2. The van der Waals surface area contributed by atoms with Gasteiger partial charge in [0, 0.05) is 25.3 Å². The summed E-state index contributed by atoms with van der Waals surface area (Å²) in [5.41, 5.74) is 4.58. The molecule has 29 heavy (non-hydrogen) atoms. The molecule has 1 atom stereocenters. The molecule has 2 aromatic rings. The first kappa shape index (κ1) is 19.2. The zero-order chi connectivity index (χ0) is 20.2. The minimum atomic E-state index is -0.531. The van der Waals surface area contributed by atoms with Gasteiger partial charge in [0.2, 0.25) is 0 Å². The van der Waals surface area contributed by atoms with E-state index in [0.29, 0.717) is 17.8 Å². The van der Waals surface area contributed by atoms with Crippen LogP contribution in [0.4, 0.5) is 4.79 Å². The fourth-order valence-corrected chi connectivity index (χ4v) is 4.00. The lowest BCUT2D eigenvalue weighted by atomic mass is 9.94. The molecule has 0 spiro atoms. The average Bonchev–Trinajstić information content (AvgIpc) is 2.74. The van der Waals surface area contributed by atoms with Crippen molar-refractivity contribution in [2.24, 2.45) is 0 Å². The summed E-state index contributed by atoms with van der Waals surface area (Å²) >= 11 is 0. The fourth-order valence-electron chi connectivity index (χ4n) is 4.00. The molecule has 4 rings (SSSR count). The van der Waals surface area contributed by atoms with Crippen molar-refractivity contribution in [2.75, 3.05) is 19.7 Å². The SMILES string of the molecule is CCOC(=O)C1=C(CN2CCc3ccccc3C2)NC(=O)NC1c1ccccc1. The molecule has 2 amide bonds. The summed E-state index contributed by atoms with van der Waals surface area (Å²) in [7, 11) is 0. The highest BCUT2D eigenvalue weighted by atomic mass is 16.5. The monoisotopic (exact) mass is 391 g/mol. The van der Waals surface area contributed by atoms with Gasteiger partial charge in [0.15, 0.2) is 0 Å². The lowest BCUT2D eigenvalue weighted by Gasteiger charge is -2.34. The first-order valence-corrected chi connectivity index (χ1v) is 9.97. The van der Waals surface area contributed by atoms with Gasteiger partial charge in [-0.05, 0) is 30.0 Å². The highest BCUT2D eigenvalue weighted by Crippen LogP contribution is 2.29. The summed E-state index contributed by atoms with van der Waals surface area (Å²) in [4.78, 5) is 27.5. The van der Waals surface area contributed by atoms with Crippen molar-refractivity contribution in [1.29, 1.82) is 0 Å². The van der Waals surface area contributed by atoms with Crippen LogP contribution >= 0.6 is 0 Å². The first-order valence-electron chi connectivity index (χ1n) is 9.97. The third kappa shape index (κ3) is 4.17. The predicted molar refractivity (Wildman–Crippen MR) is 110 cm³/mol. The lowest BCUT2D eigenvalue weighted by molar-refractivity contribution is -0.139. The third-order valence-corrected chi connectivity index (χ3v) is 5.37. The maximum absolute atomic E-state index is 12.8. The van der Waals surface area contributed by atoms with Gasteiger partial charge in [-0.1, -0.05) is 54.6 Å². The Morgan fingerprint density at radius 3 is 2.59 bits per heavy atom. The van der Waals surface area contributed by atoms with Crippen LogP contribution in [0.3, 0.4) is 0 Å². The normalized spacial score (nSPS) is 19.2. The molecule has 150 valence electrons. The van der Waals surface area contributed by atoms with Gasteiger partial charge in [0.05, 0.1) is 18.2 Å². The number of nitrogens with one attached hydrogen (secondary N) is 2. The summed E-state index contributed by atoms with van der Waals surface area (Å²) in [6, 6.07) is 17.1. The summed E-state index contributed by atoms with van der Waals surface area (Å²) < 4.78 is 5.34. The molecule has 0 aliphatic carbocycles. The van der Waals surface area contributed by atoms with Gasteiger partial charge in [-0.3, -0.25) is 4.90 Å². The van der Waals surface area contributed by atoms with Crippen molar-refractivity contribution < 1.29 is 14.3 Å². The zero-order valence-electron chi connectivity index (χ0n) is 16.5. The summed E-state index contributed by atoms with van der Waals surface area (Å²) in [5.74, 6) is -0.402. The molecule has 0 radical (unpaired) electrons. The highest BCUT2D eigenvalue weighted by Gasteiger charge is 2.34. The van der Waals surface area contributed by atoms with Crippen LogP contribution in [-0.4, -0.2) is 36.6 Å². The zero-order valence-corrected chi connectivity index (χ0v) is 16.5. The van der Waals surface area contributed by atoms with Gasteiger partial charge in [-0.2, -0.15) is 0 Å². The molecule has 6 heteroatoms. The number of carbonyl (C=O) groups excluding carboxylic acids is 2. The Balaban J connectivity index is 1.67. The second-order valence-corrected chi connectivity index (χ2v) is 7.28. The van der Waals surface area contributed by atoms with E-state index < -0.39 is 12.0 Å². The number of benzene rings is 2. The molecule has 2 N–H and O–H groups in total. The number of ether oxygens (including phenoxy) is 1. The lowest BCUT2D eigenvalue weighted by Crippen LogP contribution is -2.49. The van der Waals surface area contributed by atoms with Crippen LogP contribution < -0.4 is 10.6 Å². The Kier molecular flexibility index (Phi) is 5.62. The third-order valence-electron chi connectivity index (χ3n) is 5.37. The molecule has 0 aromatic heterocycles. The van der Waals surface area contributed by atoms with Crippen molar-refractivity contribution in [3.8, 4) is 0 Å². The quantitative estimate of drug-likeness (QED) is 0.769. The van der Waals surface area contributed by atoms with E-state index in [0.717, 1.165) is 25.1 Å². The number of esters is 1. The number of urea groups is 1. The van der Waals surface area contributed by atoms with Crippen LogP contribution in [0, 0.1) is 0 Å². The van der Waals surface area contributed by atoms with E-state index in [1.54, 1.807) is 6.92 Å². The average molecular weight is 391 g/mol. The fraction of sp³-hybridized carbons (Fsp3) is 0.304. The Bertz CT molecular complexity index is 939. The van der Waals surface area contributed by atoms with E-state index in [1.165, 1.54) is 11.1 Å². The molecule has 2 aliphatic heterocycles. The van der Waals surface area contributed by atoms with Crippen molar-refractivity contribution in [1.82, 2.24) is 15.5 Å². The van der Waals surface area contributed by atoms with Crippen LogP contribution in [0.25, 0.3) is 0 Å². The summed E-state index contributed by atoms with van der Waals surface area (Å²) in [6.07, 6.45) is 0.951. The molecule has 0 saturated heterocycles. The molecule has 0 fully saturated rings. The van der Waals surface area contributed by atoms with E-state index in [4.69, 9.17) is 4.74 Å². The van der Waals surface area contributed by atoms with Crippen LogP contribution in [-0.2, 0) is 22.5 Å². The summed E-state index contributed by atoms with van der Waals surface area (Å²) in [5, 5.41) is 5.74. The standard InChI is InChI=1S/C23H25N3O3/c1-2-29-22(27)20-19(15-26-13-12-16-8-6-7-11-18(16)14-26)24-23(28)25-21(20)17-9-4-3-5-10-17/h3-11,21H,2,12-15H2,1H3,(H2,24,25,28). The molecule has 2 aromatic carbocycles. The molecule has 2 heterocycles. The van der Waals surface area contributed by atoms with E-state index in [1.807, 2.05) is 36.4 Å². The van der Waals surface area contributed by atoms with E-state index in [2.05, 4.69) is 33.7 Å². The van der Waals surface area contributed by atoms with Crippen LogP contribution in [0.1, 0.15) is 29.7 Å². The van der Waals surface area contributed by atoms with Gasteiger partial charge in [0.25, 0.3) is 0 Å². The Hall–Kier alpha value is -3.12. The summed E-state index contributed by atoms with van der Waals surface area (Å²) in [6.45, 7) is 4.21. The molecular formula is C23H25N3O3. The number of fused-ring (bicyclic) bond motifs is 1. The van der Waals surface area contributed by atoms with Crippen molar-refractivity contribution in [3.63, 3.8) is 0 Å². The molecule has 0 bridgehead atoms. The molecular weight excluding hydrogens is 366 g/mol. The van der Waals surface area contributed by atoms with E-state index in [-0.39, 0.29) is 12.6 Å². The minimum Gasteiger partial charge on any atom is -0.463 e. The molecule has 0 saturated carbocycles. The highest BCUT2D eigenvalue weighted by molar-refractivity contribution is 5.95. The minimum absolute atomic E-state index is 0.280. The number of rotatable bonds is 5. The van der Waals surface area contributed by atoms with Crippen molar-refractivity contribution in [2.45, 2.75) is 25.9 Å². The molecule has 6 nitrogen and oxygen atoms in total. The van der Waals surface area contributed by atoms with E-state index in [9.17, 15) is 9.59 Å². The number of hydrogen-bond acceptors (Lipinski definition) is 4. The Morgan fingerprint density at radius 2 is 1.83 bits per heavy atom. The second kappa shape index (κ2) is 8.49. The van der Waals surface area contributed by atoms with Crippen molar-refractivity contribution >= 4 is 12.0 Å². The predicted octanol–water partition coefficient (Wildman–Crippen LogP) is 2.92. The Labute approximate surface area is 170 Å². The largest absolute Gasteiger partial charge is 0.463 e. The van der Waals surface area contributed by atoms with Gasteiger partial charge in [-0.15, -0.1) is 0 Å². The van der Waals surface area contributed by atoms with Crippen LogP contribution in [0.2, 0.25) is 0 Å².